The molecule has 1 unspecified atom stereocenters. The van der Waals surface area contributed by atoms with Gasteiger partial charge in [-0.05, 0) is 50.3 Å². The Kier molecular flexibility index (Phi) is 3.90. The van der Waals surface area contributed by atoms with Crippen LogP contribution in [0.1, 0.15) is 46.6 Å². The average molecular weight is 306 g/mol. The Bertz CT molecular complexity index is 590. The van der Waals surface area contributed by atoms with Gasteiger partial charge in [0.2, 0.25) is 0 Å². The third-order valence-electron chi connectivity index (χ3n) is 4.45. The molecular formula is C17H26N2O3. The van der Waals surface area contributed by atoms with E-state index >= 15 is 0 Å². The summed E-state index contributed by atoms with van der Waals surface area (Å²) in [6.07, 6.45) is 0.408. The van der Waals surface area contributed by atoms with E-state index in [2.05, 4.69) is 19.2 Å². The number of hydrogen-bond donors (Lipinski definition) is 3. The summed E-state index contributed by atoms with van der Waals surface area (Å²) in [5.41, 5.74) is 6.75. The zero-order valence-corrected chi connectivity index (χ0v) is 14.0. The van der Waals surface area contributed by atoms with Crippen LogP contribution < -0.4 is 11.1 Å². The summed E-state index contributed by atoms with van der Waals surface area (Å²) in [4.78, 5) is 11.8. The van der Waals surface area contributed by atoms with E-state index in [1.807, 2.05) is 6.07 Å². The number of benzene rings is 1. The van der Waals surface area contributed by atoms with Crippen LogP contribution in [0.15, 0.2) is 18.2 Å². The number of nitrogens with two attached hydrogens (primary N) is 1. The van der Waals surface area contributed by atoms with Gasteiger partial charge in [0.1, 0.15) is 11.4 Å². The molecule has 0 aliphatic heterocycles. The Morgan fingerprint density at radius 3 is 2.41 bits per heavy atom. The maximum absolute atomic E-state index is 11.8. The smallest absolute Gasteiger partial charge is 0.412 e. The van der Waals surface area contributed by atoms with Gasteiger partial charge in [0, 0.05) is 12.0 Å². The fourth-order valence-corrected chi connectivity index (χ4v) is 3.02. The van der Waals surface area contributed by atoms with Crippen molar-refractivity contribution in [2.75, 3.05) is 11.9 Å². The SMILES string of the molecule is CC(C)(C)OC(=O)Nc1ccc(C2(CN)CC2(C)C)cc1O. The minimum atomic E-state index is -0.587. The van der Waals surface area contributed by atoms with Crippen LogP contribution in [0.3, 0.4) is 0 Å². The molecular weight excluding hydrogens is 280 g/mol. The molecule has 1 amide bonds. The van der Waals surface area contributed by atoms with Crippen molar-refractivity contribution in [1.29, 1.82) is 0 Å². The summed E-state index contributed by atoms with van der Waals surface area (Å²) in [5, 5.41) is 12.7. The normalized spacial score (nSPS) is 23.0. The predicted octanol–water partition coefficient (Wildman–Crippen LogP) is 3.37. The van der Waals surface area contributed by atoms with E-state index in [0.717, 1.165) is 12.0 Å². The molecule has 0 heterocycles. The van der Waals surface area contributed by atoms with Crippen molar-refractivity contribution in [3.8, 4) is 5.75 Å². The molecule has 1 fully saturated rings. The van der Waals surface area contributed by atoms with Crippen LogP contribution >= 0.6 is 0 Å². The fourth-order valence-electron chi connectivity index (χ4n) is 3.02. The van der Waals surface area contributed by atoms with Gasteiger partial charge in [0.05, 0.1) is 5.69 Å². The molecule has 4 N–H and O–H groups in total. The molecule has 1 aliphatic carbocycles. The molecule has 0 radical (unpaired) electrons. The fraction of sp³-hybridized carbons (Fsp3) is 0.588. The molecule has 0 spiro atoms. The van der Waals surface area contributed by atoms with Crippen molar-refractivity contribution in [2.45, 2.75) is 52.1 Å². The van der Waals surface area contributed by atoms with Gasteiger partial charge in [0.25, 0.3) is 0 Å². The van der Waals surface area contributed by atoms with Crippen molar-refractivity contribution < 1.29 is 14.6 Å². The van der Waals surface area contributed by atoms with E-state index in [-0.39, 0.29) is 16.6 Å². The molecule has 1 aromatic carbocycles. The highest BCUT2D eigenvalue weighted by Crippen LogP contribution is 2.64. The van der Waals surface area contributed by atoms with Gasteiger partial charge in [-0.2, -0.15) is 0 Å². The molecule has 122 valence electrons. The quantitative estimate of drug-likeness (QED) is 0.748. The number of aromatic hydroxyl groups is 1. The van der Waals surface area contributed by atoms with Crippen LogP contribution in [0.4, 0.5) is 10.5 Å². The lowest BCUT2D eigenvalue weighted by atomic mass is 9.87. The topological polar surface area (TPSA) is 84.6 Å². The lowest BCUT2D eigenvalue weighted by molar-refractivity contribution is 0.0635. The Labute approximate surface area is 131 Å². The number of carbonyl (C=O) groups is 1. The first kappa shape index (κ1) is 16.6. The summed E-state index contributed by atoms with van der Waals surface area (Å²) in [7, 11) is 0. The van der Waals surface area contributed by atoms with Gasteiger partial charge in [-0.25, -0.2) is 4.79 Å². The first-order valence-electron chi connectivity index (χ1n) is 7.54. The van der Waals surface area contributed by atoms with Crippen LogP contribution in [-0.4, -0.2) is 23.3 Å². The molecule has 1 atom stereocenters. The van der Waals surface area contributed by atoms with Gasteiger partial charge in [-0.3, -0.25) is 5.32 Å². The number of carbonyl (C=O) groups excluding carboxylic acids is 1. The van der Waals surface area contributed by atoms with E-state index in [1.54, 1.807) is 32.9 Å². The zero-order chi connectivity index (χ0) is 16.8. The van der Waals surface area contributed by atoms with E-state index in [0.29, 0.717) is 12.2 Å². The highest BCUT2D eigenvalue weighted by molar-refractivity contribution is 5.87. The van der Waals surface area contributed by atoms with Crippen molar-refractivity contribution in [1.82, 2.24) is 0 Å². The first-order valence-corrected chi connectivity index (χ1v) is 7.54. The molecule has 1 saturated carbocycles. The lowest BCUT2D eigenvalue weighted by Crippen LogP contribution is -2.27. The van der Waals surface area contributed by atoms with E-state index < -0.39 is 11.7 Å². The molecule has 0 saturated heterocycles. The van der Waals surface area contributed by atoms with Crippen LogP contribution in [0, 0.1) is 5.41 Å². The second-order valence-corrected chi connectivity index (χ2v) is 7.71. The molecule has 22 heavy (non-hydrogen) atoms. The minimum absolute atomic E-state index is 0.0267. The Balaban J connectivity index is 2.16. The highest BCUT2D eigenvalue weighted by atomic mass is 16.6. The second-order valence-electron chi connectivity index (χ2n) is 7.71. The van der Waals surface area contributed by atoms with Gasteiger partial charge < -0.3 is 15.6 Å². The number of rotatable bonds is 3. The number of anilines is 1. The standard InChI is InChI=1S/C17H26N2O3/c1-15(2,3)22-14(21)19-12-7-6-11(8-13(12)20)17(10-18)9-16(17,4)5/h6-8,20H,9-10,18H2,1-5H3,(H,19,21). The Morgan fingerprint density at radius 2 is 2.00 bits per heavy atom. The molecule has 2 rings (SSSR count). The summed E-state index contributed by atoms with van der Waals surface area (Å²) in [5.74, 6) is 0.0267. The summed E-state index contributed by atoms with van der Waals surface area (Å²) < 4.78 is 5.18. The largest absolute Gasteiger partial charge is 0.506 e. The third kappa shape index (κ3) is 3.04. The molecule has 1 aromatic rings. The highest BCUT2D eigenvalue weighted by Gasteiger charge is 2.61. The number of ether oxygens (including phenoxy) is 1. The monoisotopic (exact) mass is 306 g/mol. The van der Waals surface area contributed by atoms with Crippen LogP contribution in [-0.2, 0) is 10.2 Å². The second kappa shape index (κ2) is 5.16. The Morgan fingerprint density at radius 1 is 1.41 bits per heavy atom. The minimum Gasteiger partial charge on any atom is -0.506 e. The summed E-state index contributed by atoms with van der Waals surface area (Å²) >= 11 is 0. The van der Waals surface area contributed by atoms with Gasteiger partial charge >= 0.3 is 6.09 Å². The lowest BCUT2D eigenvalue weighted by Gasteiger charge is -2.21. The van der Waals surface area contributed by atoms with E-state index in [4.69, 9.17) is 10.5 Å². The summed E-state index contributed by atoms with van der Waals surface area (Å²) in [6, 6.07) is 5.29. The van der Waals surface area contributed by atoms with Crippen molar-refractivity contribution >= 4 is 11.8 Å². The van der Waals surface area contributed by atoms with E-state index in [1.165, 1.54) is 0 Å². The van der Waals surface area contributed by atoms with Crippen molar-refractivity contribution in [2.24, 2.45) is 11.1 Å². The molecule has 0 aromatic heterocycles. The van der Waals surface area contributed by atoms with Crippen LogP contribution in [0.2, 0.25) is 0 Å². The average Bonchev–Trinajstić information content (AvgIpc) is 2.93. The maximum atomic E-state index is 11.8. The molecule has 5 heteroatoms. The predicted molar refractivity (Wildman–Crippen MR) is 87.1 cm³/mol. The van der Waals surface area contributed by atoms with Crippen LogP contribution in [0.5, 0.6) is 5.75 Å². The number of hydrogen-bond acceptors (Lipinski definition) is 4. The van der Waals surface area contributed by atoms with E-state index in [9.17, 15) is 9.90 Å². The number of phenols is 1. The Hall–Kier alpha value is -1.75. The van der Waals surface area contributed by atoms with Gasteiger partial charge in [-0.1, -0.05) is 19.9 Å². The van der Waals surface area contributed by atoms with Gasteiger partial charge in [0.15, 0.2) is 0 Å². The first-order chi connectivity index (χ1) is 10.0. The third-order valence-corrected chi connectivity index (χ3v) is 4.45. The number of nitrogens with one attached hydrogen (secondary N) is 1. The maximum Gasteiger partial charge on any atom is 0.412 e. The van der Waals surface area contributed by atoms with Crippen LogP contribution in [0.25, 0.3) is 0 Å². The molecule has 0 bridgehead atoms. The summed E-state index contributed by atoms with van der Waals surface area (Å²) in [6.45, 7) is 10.2. The van der Waals surface area contributed by atoms with Crippen molar-refractivity contribution in [3.05, 3.63) is 23.8 Å². The van der Waals surface area contributed by atoms with Gasteiger partial charge in [-0.15, -0.1) is 0 Å². The zero-order valence-electron chi connectivity index (χ0n) is 14.0. The molecule has 5 nitrogen and oxygen atoms in total. The van der Waals surface area contributed by atoms with Crippen molar-refractivity contribution in [3.63, 3.8) is 0 Å². The molecule has 1 aliphatic rings. The number of phenolic OH excluding ortho intramolecular Hbond substituents is 1. The number of amides is 1.